The zero-order chi connectivity index (χ0) is 91.8. The number of aromatic nitrogens is 3. The quantitative estimate of drug-likeness (QED) is 0.0159. The monoisotopic (exact) mass is 2070 g/mol. The topological polar surface area (TPSA) is 275 Å². The fraction of sp³-hybridized carbons (Fsp3) is 0.333. The van der Waals surface area contributed by atoms with Crippen molar-refractivity contribution in [2.24, 2.45) is 0 Å². The number of non-ortho nitro benzene ring substituents is 1. The summed E-state index contributed by atoms with van der Waals surface area (Å²) in [5.74, 6) is -0.771. The highest BCUT2D eigenvalue weighted by atomic mass is 79.9. The lowest BCUT2D eigenvalue weighted by Gasteiger charge is -2.38. The number of thioether (sulfide) groups is 3. The summed E-state index contributed by atoms with van der Waals surface area (Å²) in [6.45, 7) is 17.1. The van der Waals surface area contributed by atoms with Crippen molar-refractivity contribution in [1.29, 1.82) is 0 Å². The van der Waals surface area contributed by atoms with Gasteiger partial charge in [-0.1, -0.05) is 173 Å². The molecule has 9 aromatic carbocycles. The van der Waals surface area contributed by atoms with Gasteiger partial charge < -0.3 is 59.8 Å². The van der Waals surface area contributed by atoms with Crippen LogP contribution in [-0.4, -0.2) is 202 Å². The van der Waals surface area contributed by atoms with E-state index in [1.54, 1.807) is 28.0 Å². The number of ether oxygens (including phenoxy) is 2. The van der Waals surface area contributed by atoms with E-state index in [0.717, 1.165) is 171 Å². The standard InChI is InChI=1S/C35H38BrClN4O3S.C33H33BrClN5O5S.C31H29BrClN3O3S/c1-23-4-11-31(24(2)18-23)45-35(34(43)38-12-3-13-40-14-16-44-17-15-40)20-32(42)41(22-25-5-7-26(36)8-6-25)33(35)29-21-39-30-19-27(37)9-10-28(29)30;34-23-4-2-22(3-5-23)21-39-30(41)19-33(46-26-9-7-25(8-10-26)40(43)44,32(42)36-12-1-13-38-14-16-45-17-15-38)31(39)28-20-37-29-18-24(35)6-11-27(28)29;1-19-2-9-24(10-3-19)40-31(30(39)35-13-12-23(37)18-35)15-28(38)36(17-20-4-6-21(32)7-5-20)29(31)26-16-34-27-14-22(33)8-11-25(26)27/h4-11,18-19,21,33,39H,3,12-17,20,22H2,1-2H3,(H,38,43);2-11,18,20,31,37H,1,12-17,19,21H2,(H,36,42);2-11,14,16,23,29,34,37H,12-13,15,17-18H2,1H3/t33-,35-;31-,33-;23-,29+,31+/m001/s1. The number of fused-ring (bicyclic) bond motifs is 3. The van der Waals surface area contributed by atoms with Gasteiger partial charge >= 0.3 is 0 Å². The third-order valence-corrected chi connectivity index (χ3v) is 31.9. The van der Waals surface area contributed by atoms with Crippen LogP contribution in [0.5, 0.6) is 0 Å². The Labute approximate surface area is 813 Å². The molecule has 12 aromatic rings. The Kier molecular flexibility index (Phi) is 30.7. The molecule has 18 rings (SSSR count). The van der Waals surface area contributed by atoms with Crippen molar-refractivity contribution in [3.05, 3.63) is 301 Å². The molecule has 0 spiro atoms. The average Bonchev–Trinajstić information content (AvgIpc) is 1.58. The molecular weight excluding hydrogens is 1980 g/mol. The Morgan fingerprint density at radius 1 is 0.489 bits per heavy atom. The van der Waals surface area contributed by atoms with E-state index in [0.29, 0.717) is 78.9 Å². The maximum atomic E-state index is 14.7. The number of rotatable bonds is 27. The largest absolute Gasteiger partial charge is 0.391 e. The maximum Gasteiger partial charge on any atom is 0.269 e. The second-order valence-corrected chi connectivity index (χ2v) is 42.3. The summed E-state index contributed by atoms with van der Waals surface area (Å²) in [4.78, 5) is 122. The molecule has 23 nitrogen and oxygen atoms in total. The predicted molar refractivity (Wildman–Crippen MR) is 529 cm³/mol. The van der Waals surface area contributed by atoms with Gasteiger partial charge in [-0.2, -0.15) is 0 Å². The molecular formula is C99H100Br3Cl3N12O11S3. The molecule has 6 N–H and O–H groups in total. The molecule has 7 atom stereocenters. The first-order valence-corrected chi connectivity index (χ1v) is 49.7. The minimum Gasteiger partial charge on any atom is -0.391 e. The van der Waals surface area contributed by atoms with Gasteiger partial charge in [-0.05, 0) is 179 Å². The Morgan fingerprint density at radius 3 is 1.25 bits per heavy atom. The maximum absolute atomic E-state index is 14.7. The number of aryl methyl sites for hydroxylation is 3. The Hall–Kier alpha value is -9.02. The summed E-state index contributed by atoms with van der Waals surface area (Å²) in [7, 11) is 0. The fourth-order valence-corrected chi connectivity index (χ4v) is 24.3. The van der Waals surface area contributed by atoms with Gasteiger partial charge in [0.05, 0.1) is 74.8 Å². The summed E-state index contributed by atoms with van der Waals surface area (Å²) in [6, 6.07) is 59.4. The molecule has 9 heterocycles. The molecule has 131 heavy (non-hydrogen) atoms. The molecule has 0 radical (unpaired) electrons. The number of aliphatic hydroxyl groups is 1. The second kappa shape index (κ2) is 42.3. The first-order valence-electron chi connectivity index (χ1n) is 43.7. The van der Waals surface area contributed by atoms with Crippen LogP contribution in [0.25, 0.3) is 32.7 Å². The van der Waals surface area contributed by atoms with Crippen molar-refractivity contribution in [2.75, 3.05) is 91.9 Å². The molecule has 6 aliphatic heterocycles. The van der Waals surface area contributed by atoms with Gasteiger partial charge in [0.25, 0.3) is 5.69 Å². The van der Waals surface area contributed by atoms with Crippen molar-refractivity contribution in [3.8, 4) is 0 Å². The average molecular weight is 2080 g/mol. The lowest BCUT2D eigenvalue weighted by Crippen LogP contribution is -2.49. The summed E-state index contributed by atoms with van der Waals surface area (Å²) >= 11 is 33.8. The van der Waals surface area contributed by atoms with Crippen LogP contribution in [0.4, 0.5) is 5.69 Å². The van der Waals surface area contributed by atoms with E-state index < -0.39 is 43.4 Å². The third-order valence-electron chi connectivity index (χ3n) is 25.1. The van der Waals surface area contributed by atoms with E-state index in [2.05, 4.69) is 115 Å². The smallest absolute Gasteiger partial charge is 0.269 e. The third kappa shape index (κ3) is 21.7. The van der Waals surface area contributed by atoms with Gasteiger partial charge in [0.1, 0.15) is 14.2 Å². The number of carbonyl (C=O) groups is 6. The molecule has 32 heteroatoms. The highest BCUT2D eigenvalue weighted by Gasteiger charge is 2.62. The molecule has 0 aliphatic carbocycles. The number of aromatic amines is 3. The summed E-state index contributed by atoms with van der Waals surface area (Å²) in [5, 5.41) is 32.7. The number of nitro groups is 1. The molecule has 3 aromatic heterocycles. The highest BCUT2D eigenvalue weighted by Crippen LogP contribution is 2.59. The van der Waals surface area contributed by atoms with Crippen LogP contribution in [0.2, 0.25) is 15.1 Å². The number of nitro benzene ring substituents is 1. The minimum atomic E-state index is -1.28. The Morgan fingerprint density at radius 2 is 0.863 bits per heavy atom. The number of aliphatic hydroxyl groups excluding tert-OH is 1. The Balaban J connectivity index is 0.000000144. The molecule has 6 aliphatic rings. The first-order chi connectivity index (χ1) is 63.2. The van der Waals surface area contributed by atoms with E-state index in [9.17, 15) is 44.0 Å². The number of benzene rings is 9. The molecule has 0 bridgehead atoms. The molecule has 682 valence electrons. The van der Waals surface area contributed by atoms with Gasteiger partial charge in [0, 0.05) is 195 Å². The summed E-state index contributed by atoms with van der Waals surface area (Å²) in [5.41, 5.74) is 11.3. The number of hydrogen-bond donors (Lipinski definition) is 6. The number of β-amino-alcohol motifs (C(OH)–C–C–N with tert-alkyl or cyclic N) is 1. The van der Waals surface area contributed by atoms with E-state index in [1.165, 1.54) is 47.4 Å². The fourth-order valence-electron chi connectivity index (χ4n) is 18.6. The van der Waals surface area contributed by atoms with E-state index in [-0.39, 0.29) is 66.9 Å². The Bertz CT molecular complexity index is 6170. The van der Waals surface area contributed by atoms with Crippen molar-refractivity contribution >= 4 is 192 Å². The molecule has 6 saturated heterocycles. The van der Waals surface area contributed by atoms with Crippen LogP contribution in [0.1, 0.15) is 107 Å². The number of nitrogens with zero attached hydrogens (tertiary/aromatic N) is 7. The van der Waals surface area contributed by atoms with Crippen LogP contribution < -0.4 is 10.6 Å². The number of likely N-dealkylation sites (tertiary alicyclic amines) is 4. The van der Waals surface area contributed by atoms with Crippen molar-refractivity contribution in [1.82, 2.24) is 55.0 Å². The zero-order valence-corrected chi connectivity index (χ0v) is 81.9. The van der Waals surface area contributed by atoms with Gasteiger partial charge in [0.15, 0.2) is 0 Å². The van der Waals surface area contributed by atoms with Gasteiger partial charge in [-0.15, -0.1) is 35.3 Å². The van der Waals surface area contributed by atoms with Crippen molar-refractivity contribution in [2.45, 2.75) is 132 Å². The van der Waals surface area contributed by atoms with Gasteiger partial charge in [-0.25, -0.2) is 0 Å². The number of carbonyl (C=O) groups excluding carboxylic acids is 6. The number of halogens is 6. The molecule has 0 unspecified atom stereocenters. The highest BCUT2D eigenvalue weighted by molar-refractivity contribution is 9.11. The summed E-state index contributed by atoms with van der Waals surface area (Å²) < 4.78 is 10.3. The summed E-state index contributed by atoms with van der Waals surface area (Å²) in [6.07, 6.45) is 7.34. The van der Waals surface area contributed by atoms with Crippen LogP contribution >= 0.6 is 118 Å². The van der Waals surface area contributed by atoms with Crippen molar-refractivity contribution < 1.29 is 48.3 Å². The van der Waals surface area contributed by atoms with E-state index in [1.807, 2.05) is 181 Å². The first kappa shape index (κ1) is 95.1. The number of H-pyrrole nitrogens is 3. The van der Waals surface area contributed by atoms with Gasteiger partial charge in [-0.3, -0.25) is 48.7 Å². The van der Waals surface area contributed by atoms with Crippen LogP contribution in [0.3, 0.4) is 0 Å². The lowest BCUT2D eigenvalue weighted by atomic mass is 9.90. The number of hydrogen-bond acceptors (Lipinski definition) is 16. The second-order valence-electron chi connectivity index (χ2n) is 34.1. The zero-order valence-electron chi connectivity index (χ0n) is 72.4. The number of nitrogens with one attached hydrogen (secondary N) is 5. The van der Waals surface area contributed by atoms with E-state index >= 15 is 0 Å². The SMILES string of the molecule is Cc1ccc(S[C@@]2(C(=O)N3CC[C@@H](O)C3)CC(=O)N(Cc3ccc(Br)cc3)[C@H]2c2c[nH]c3cc(Cl)ccc23)cc1.Cc1ccc(S[C@@]2(C(=O)NCCCN3CCOCC3)CC(=O)N(Cc3ccc(Br)cc3)[C@H]2c2c[nH]c3cc(Cl)ccc23)c(C)c1.O=C1C[C@@](Sc2ccc([N+](=O)[O-])cc2)(C(=O)NCCCN2CCOCC2)[C@H](c2c[nH]c3cc(Cl)ccc23)N1Cc1ccc(Br)cc1. The van der Waals surface area contributed by atoms with Gasteiger partial charge in [0.2, 0.25) is 35.4 Å². The lowest BCUT2D eigenvalue weighted by molar-refractivity contribution is -0.384. The van der Waals surface area contributed by atoms with E-state index in [4.69, 9.17) is 44.3 Å². The molecule has 0 saturated carbocycles. The van der Waals surface area contributed by atoms with Crippen LogP contribution in [0.15, 0.2) is 241 Å². The normalized spacial score (nSPS) is 21.3. The predicted octanol–water partition coefficient (Wildman–Crippen LogP) is 19.9. The number of morpholine rings is 2. The minimum absolute atomic E-state index is 0.0459. The number of amides is 6. The molecule has 6 fully saturated rings. The van der Waals surface area contributed by atoms with Crippen molar-refractivity contribution in [3.63, 3.8) is 0 Å². The van der Waals surface area contributed by atoms with Crippen LogP contribution in [-0.2, 0) is 57.9 Å². The van der Waals surface area contributed by atoms with Crippen LogP contribution in [0, 0.1) is 30.9 Å². The molecule has 6 amide bonds.